The van der Waals surface area contributed by atoms with E-state index in [1.807, 2.05) is 6.07 Å². The predicted octanol–water partition coefficient (Wildman–Crippen LogP) is 3.10. The van der Waals surface area contributed by atoms with E-state index in [0.717, 1.165) is 12.1 Å². The van der Waals surface area contributed by atoms with Gasteiger partial charge in [0.15, 0.2) is 0 Å². The van der Waals surface area contributed by atoms with Gasteiger partial charge in [0, 0.05) is 33.4 Å². The Bertz CT molecular complexity index is 595. The lowest BCUT2D eigenvalue weighted by Crippen LogP contribution is -2.14. The zero-order valence-corrected chi connectivity index (χ0v) is 12.1. The summed E-state index contributed by atoms with van der Waals surface area (Å²) in [5, 5.41) is 3.89. The van der Waals surface area contributed by atoms with Crippen LogP contribution in [0.4, 0.5) is 0 Å². The van der Waals surface area contributed by atoms with E-state index in [-0.39, 0.29) is 0 Å². The largest absolute Gasteiger partial charge is 0.366 e. The zero-order valence-electron chi connectivity index (χ0n) is 10.6. The van der Waals surface area contributed by atoms with E-state index in [9.17, 15) is 4.79 Å². The molecule has 3 N–H and O–H groups in total. The van der Waals surface area contributed by atoms with E-state index >= 15 is 0 Å². The Morgan fingerprint density at radius 2 is 2.11 bits per heavy atom. The number of rotatable bonds is 5. The molecule has 0 aliphatic heterocycles. The first kappa shape index (κ1) is 14.1. The van der Waals surface area contributed by atoms with Crippen molar-refractivity contribution in [2.45, 2.75) is 20.0 Å². The molecule has 2 rings (SSSR count). The Balaban J connectivity index is 1.94. The molecule has 1 aromatic carbocycles. The molecule has 1 aromatic heterocycles. The number of aryl methyl sites for hydroxylation is 1. The monoisotopic (exact) mass is 294 g/mol. The van der Waals surface area contributed by atoms with Gasteiger partial charge < -0.3 is 11.1 Å². The number of nitrogens with one attached hydrogen (secondary N) is 1. The molecule has 0 aliphatic carbocycles. The summed E-state index contributed by atoms with van der Waals surface area (Å²) in [7, 11) is 0. The quantitative estimate of drug-likeness (QED) is 0.890. The summed E-state index contributed by atoms with van der Waals surface area (Å²) in [5.41, 5.74) is 6.59. The number of carbonyl (C=O) groups is 1. The molecule has 2 aromatic rings. The molecule has 5 heteroatoms. The normalized spacial score (nSPS) is 10.6. The molecule has 0 unspecified atom stereocenters. The van der Waals surface area contributed by atoms with Crippen LogP contribution in [0.15, 0.2) is 30.3 Å². The fraction of sp³-hybridized carbons (Fsp3) is 0.214. The van der Waals surface area contributed by atoms with Crippen molar-refractivity contribution in [3.05, 3.63) is 56.2 Å². The number of thiophene rings is 1. The van der Waals surface area contributed by atoms with Crippen LogP contribution < -0.4 is 11.1 Å². The third-order valence-corrected chi connectivity index (χ3v) is 4.10. The van der Waals surface area contributed by atoms with Gasteiger partial charge in [-0.3, -0.25) is 4.79 Å². The van der Waals surface area contributed by atoms with Crippen molar-refractivity contribution in [3.8, 4) is 0 Å². The minimum Gasteiger partial charge on any atom is -0.366 e. The molecule has 0 saturated carbocycles. The number of primary amides is 1. The van der Waals surface area contributed by atoms with Crippen LogP contribution in [-0.2, 0) is 13.1 Å². The summed E-state index contributed by atoms with van der Waals surface area (Å²) in [6.07, 6.45) is 0. The zero-order chi connectivity index (χ0) is 13.8. The van der Waals surface area contributed by atoms with E-state index in [0.29, 0.717) is 17.1 Å². The minimum absolute atomic E-state index is 0.433. The highest BCUT2D eigenvalue weighted by atomic mass is 35.5. The van der Waals surface area contributed by atoms with Crippen molar-refractivity contribution in [3.63, 3.8) is 0 Å². The molecular formula is C14H15ClN2OS. The summed E-state index contributed by atoms with van der Waals surface area (Å²) >= 11 is 7.89. The third-order valence-electron chi connectivity index (χ3n) is 2.75. The first-order valence-electron chi connectivity index (χ1n) is 5.90. The summed E-state index contributed by atoms with van der Waals surface area (Å²) in [6.45, 7) is 3.56. The van der Waals surface area contributed by atoms with Gasteiger partial charge in [-0.1, -0.05) is 17.7 Å². The Morgan fingerprint density at radius 1 is 1.32 bits per heavy atom. The minimum atomic E-state index is -0.463. The number of hydrogen-bond donors (Lipinski definition) is 2. The van der Waals surface area contributed by atoms with Crippen molar-refractivity contribution in [1.82, 2.24) is 5.32 Å². The number of benzene rings is 1. The molecule has 19 heavy (non-hydrogen) atoms. The Hall–Kier alpha value is -1.36. The second kappa shape index (κ2) is 6.19. The van der Waals surface area contributed by atoms with Gasteiger partial charge in [0.25, 0.3) is 0 Å². The molecular weight excluding hydrogens is 280 g/mol. The molecule has 0 saturated heterocycles. The topological polar surface area (TPSA) is 55.1 Å². The maximum atomic E-state index is 11.0. The van der Waals surface area contributed by atoms with E-state index in [1.54, 1.807) is 23.5 Å². The van der Waals surface area contributed by atoms with E-state index < -0.39 is 5.91 Å². The molecule has 0 atom stereocenters. The number of nitrogens with two attached hydrogens (primary N) is 1. The first-order valence-corrected chi connectivity index (χ1v) is 7.10. The van der Waals surface area contributed by atoms with Crippen molar-refractivity contribution in [2.24, 2.45) is 5.73 Å². The molecule has 0 aliphatic rings. The second-order valence-corrected chi connectivity index (χ2v) is 6.07. The van der Waals surface area contributed by atoms with Gasteiger partial charge in [-0.2, -0.15) is 0 Å². The van der Waals surface area contributed by atoms with Crippen LogP contribution in [0.3, 0.4) is 0 Å². The van der Waals surface area contributed by atoms with Crippen molar-refractivity contribution in [2.75, 3.05) is 0 Å². The molecule has 1 heterocycles. The molecule has 0 radical (unpaired) electrons. The van der Waals surface area contributed by atoms with Crippen LogP contribution >= 0.6 is 22.9 Å². The third kappa shape index (κ3) is 3.80. The van der Waals surface area contributed by atoms with Crippen LogP contribution in [0.2, 0.25) is 5.02 Å². The van der Waals surface area contributed by atoms with Gasteiger partial charge in [-0.05, 0) is 36.8 Å². The highest BCUT2D eigenvalue weighted by molar-refractivity contribution is 7.11. The van der Waals surface area contributed by atoms with Gasteiger partial charge in [-0.25, -0.2) is 0 Å². The smallest absolute Gasteiger partial charge is 0.248 e. The lowest BCUT2D eigenvalue weighted by atomic mass is 10.1. The number of carbonyl (C=O) groups excluding carboxylic acids is 1. The van der Waals surface area contributed by atoms with Gasteiger partial charge in [0.1, 0.15) is 0 Å². The van der Waals surface area contributed by atoms with Crippen LogP contribution in [0.5, 0.6) is 0 Å². The lowest BCUT2D eigenvalue weighted by Gasteiger charge is -2.07. The summed E-state index contributed by atoms with van der Waals surface area (Å²) < 4.78 is 0. The van der Waals surface area contributed by atoms with Crippen LogP contribution in [-0.4, -0.2) is 5.91 Å². The Kier molecular flexibility index (Phi) is 4.58. The van der Waals surface area contributed by atoms with Crippen LogP contribution in [0.1, 0.15) is 25.7 Å². The van der Waals surface area contributed by atoms with Crippen molar-refractivity contribution < 1.29 is 4.79 Å². The summed E-state index contributed by atoms with van der Waals surface area (Å²) in [4.78, 5) is 13.6. The summed E-state index contributed by atoms with van der Waals surface area (Å²) in [6, 6.07) is 9.35. The average Bonchev–Trinajstić information content (AvgIpc) is 2.77. The van der Waals surface area contributed by atoms with Crippen LogP contribution in [0.25, 0.3) is 0 Å². The molecule has 1 amide bonds. The van der Waals surface area contributed by atoms with Gasteiger partial charge in [0.05, 0.1) is 0 Å². The molecule has 100 valence electrons. The van der Waals surface area contributed by atoms with Crippen molar-refractivity contribution >= 4 is 28.8 Å². The van der Waals surface area contributed by atoms with E-state index in [4.69, 9.17) is 17.3 Å². The fourth-order valence-corrected chi connectivity index (χ4v) is 2.85. The molecule has 0 spiro atoms. The van der Waals surface area contributed by atoms with E-state index in [2.05, 4.69) is 24.4 Å². The number of halogens is 1. The predicted molar refractivity (Wildman–Crippen MR) is 79.6 cm³/mol. The Morgan fingerprint density at radius 3 is 2.68 bits per heavy atom. The molecule has 0 fully saturated rings. The van der Waals surface area contributed by atoms with E-state index in [1.165, 1.54) is 9.75 Å². The van der Waals surface area contributed by atoms with Crippen LogP contribution in [0, 0.1) is 6.92 Å². The summed E-state index contributed by atoms with van der Waals surface area (Å²) in [5.74, 6) is -0.463. The number of hydrogen-bond acceptors (Lipinski definition) is 3. The Labute approximate surface area is 121 Å². The van der Waals surface area contributed by atoms with Crippen molar-refractivity contribution in [1.29, 1.82) is 0 Å². The highest BCUT2D eigenvalue weighted by Gasteiger charge is 2.05. The highest BCUT2D eigenvalue weighted by Crippen LogP contribution is 2.18. The second-order valence-electron chi connectivity index (χ2n) is 4.29. The first-order chi connectivity index (χ1) is 9.06. The molecule has 3 nitrogen and oxygen atoms in total. The van der Waals surface area contributed by atoms with Gasteiger partial charge in [0.2, 0.25) is 5.91 Å². The number of amides is 1. The van der Waals surface area contributed by atoms with Gasteiger partial charge in [-0.15, -0.1) is 11.3 Å². The SMILES string of the molecule is Cc1ccc(CNCc2ccc(C(N)=O)cc2Cl)s1. The molecule has 0 bridgehead atoms. The maximum absolute atomic E-state index is 11.0. The fourth-order valence-electron chi connectivity index (χ4n) is 1.74. The standard InChI is InChI=1S/C14H15ClN2OS/c1-9-2-5-12(19-9)8-17-7-11-4-3-10(14(16)18)6-13(11)15/h2-6,17H,7-8H2,1H3,(H2,16,18). The average molecular weight is 295 g/mol. The lowest BCUT2D eigenvalue weighted by molar-refractivity contribution is 0.100. The maximum Gasteiger partial charge on any atom is 0.248 e. The van der Waals surface area contributed by atoms with Gasteiger partial charge >= 0.3 is 0 Å².